The number of fused-ring (bicyclic) bond motifs is 1. The van der Waals surface area contributed by atoms with E-state index >= 15 is 0 Å². The monoisotopic (exact) mass is 531 g/mol. The van der Waals surface area contributed by atoms with E-state index in [0.717, 1.165) is 27.9 Å². The molecule has 1 saturated heterocycles. The van der Waals surface area contributed by atoms with Gasteiger partial charge in [-0.15, -0.1) is 0 Å². The molecule has 1 fully saturated rings. The summed E-state index contributed by atoms with van der Waals surface area (Å²) in [4.78, 5) is 58.3. The largest absolute Gasteiger partial charge is 0.361 e. The highest BCUT2D eigenvalue weighted by Crippen LogP contribution is 2.25. The lowest BCUT2D eigenvalue weighted by molar-refractivity contribution is -0.132. The number of para-hydroxylation sites is 1. The lowest BCUT2D eigenvalue weighted by Gasteiger charge is -2.20. The second-order valence-corrected chi connectivity index (χ2v) is 9.86. The van der Waals surface area contributed by atoms with Crippen molar-refractivity contribution in [1.82, 2.24) is 40.5 Å². The highest BCUT2D eigenvalue weighted by atomic mass is 16.2. The third-order valence-electron chi connectivity index (χ3n) is 7.23. The first kappa shape index (κ1) is 26.2. The lowest BCUT2D eigenvalue weighted by atomic mass is 9.94. The highest BCUT2D eigenvalue weighted by molar-refractivity contribution is 5.91. The number of nitrogens with one attached hydrogen (secondary N) is 5. The molecule has 0 unspecified atom stereocenters. The Kier molecular flexibility index (Phi) is 8.02. The summed E-state index contributed by atoms with van der Waals surface area (Å²) in [6.07, 6.45) is 9.90. The number of imidazole rings is 2. The summed E-state index contributed by atoms with van der Waals surface area (Å²) >= 11 is 0. The summed E-state index contributed by atoms with van der Waals surface area (Å²) in [7, 11) is 0. The Labute approximate surface area is 225 Å². The Morgan fingerprint density at radius 3 is 2.23 bits per heavy atom. The maximum absolute atomic E-state index is 13.3. The highest BCUT2D eigenvalue weighted by Gasteiger charge is 2.44. The van der Waals surface area contributed by atoms with Crippen LogP contribution in [0.15, 0.2) is 55.5 Å². The number of carbonyl (C=O) groups is 3. The molecule has 0 saturated carbocycles. The fourth-order valence-electron chi connectivity index (χ4n) is 5.13. The molecule has 0 radical (unpaired) electrons. The van der Waals surface area contributed by atoms with Crippen molar-refractivity contribution < 1.29 is 14.4 Å². The second-order valence-electron chi connectivity index (χ2n) is 9.86. The number of amides is 3. The van der Waals surface area contributed by atoms with Crippen LogP contribution in [0.4, 0.5) is 0 Å². The van der Waals surface area contributed by atoms with E-state index in [2.05, 4.69) is 35.6 Å². The van der Waals surface area contributed by atoms with Crippen molar-refractivity contribution in [2.24, 2.45) is 17.6 Å². The van der Waals surface area contributed by atoms with Gasteiger partial charge < -0.3 is 36.2 Å². The average molecular weight is 532 g/mol. The first-order chi connectivity index (χ1) is 19.0. The van der Waals surface area contributed by atoms with Gasteiger partial charge in [0.05, 0.1) is 30.5 Å². The average Bonchev–Trinajstić information content (AvgIpc) is 3.76. The van der Waals surface area contributed by atoms with Crippen molar-refractivity contribution in [1.29, 1.82) is 0 Å². The number of aromatic amines is 3. The number of H-pyrrole nitrogens is 3. The fourth-order valence-corrected chi connectivity index (χ4v) is 5.13. The van der Waals surface area contributed by atoms with Crippen LogP contribution in [0.3, 0.4) is 0 Å². The fraction of sp³-hybridized carbons (Fsp3) is 0.370. The van der Waals surface area contributed by atoms with Gasteiger partial charge in [0.1, 0.15) is 0 Å². The van der Waals surface area contributed by atoms with Crippen LogP contribution in [0.25, 0.3) is 10.9 Å². The minimum atomic E-state index is -0.807. The van der Waals surface area contributed by atoms with E-state index in [1.54, 1.807) is 18.7 Å². The molecule has 204 valence electrons. The zero-order chi connectivity index (χ0) is 27.2. The SMILES string of the molecule is N[C@@H](Cc1cnc[nH]1)C(=O)N1C[C@@H](C(=O)NCCc2cnc[nH]2)[C@H](C(=O)NCCc2c[nH]c3ccccc23)C1. The molecule has 4 heterocycles. The molecule has 5 rings (SSSR count). The topological polar surface area (TPSA) is 178 Å². The number of hydrogen-bond acceptors (Lipinski definition) is 6. The minimum absolute atomic E-state index is 0.131. The molecule has 12 nitrogen and oxygen atoms in total. The summed E-state index contributed by atoms with van der Waals surface area (Å²) < 4.78 is 0. The number of aromatic nitrogens is 5. The Balaban J connectivity index is 1.22. The van der Waals surface area contributed by atoms with E-state index in [0.29, 0.717) is 25.9 Å². The molecule has 1 aromatic carbocycles. The van der Waals surface area contributed by atoms with Crippen LogP contribution in [0.5, 0.6) is 0 Å². The van der Waals surface area contributed by atoms with Gasteiger partial charge in [0.25, 0.3) is 0 Å². The molecule has 7 N–H and O–H groups in total. The van der Waals surface area contributed by atoms with Crippen LogP contribution in [0.2, 0.25) is 0 Å². The molecular weight excluding hydrogens is 498 g/mol. The molecule has 1 aliphatic rings. The number of rotatable bonds is 11. The molecule has 0 aliphatic carbocycles. The van der Waals surface area contributed by atoms with Gasteiger partial charge in [0.15, 0.2) is 0 Å². The zero-order valence-corrected chi connectivity index (χ0v) is 21.5. The smallest absolute Gasteiger partial charge is 0.239 e. The molecule has 3 amide bonds. The predicted octanol–water partition coefficient (Wildman–Crippen LogP) is 0.276. The maximum atomic E-state index is 13.3. The van der Waals surface area contributed by atoms with Crippen molar-refractivity contribution in [2.75, 3.05) is 26.2 Å². The van der Waals surface area contributed by atoms with Crippen molar-refractivity contribution >= 4 is 28.6 Å². The zero-order valence-electron chi connectivity index (χ0n) is 21.5. The Morgan fingerprint density at radius 1 is 0.923 bits per heavy atom. The standard InChI is InChI=1S/C27H33N9O3/c28-23(9-19-12-30-16-35-19)27(39)36-13-21(22(14-36)26(38)32-8-6-18-11-29-15-34-18)25(37)31-7-5-17-10-33-24-4-2-1-3-20(17)24/h1-4,10-12,15-16,21-23,33H,5-9,13-14,28H2,(H,29,34)(H,30,35)(H,31,37)(H,32,38)/t21-,22-,23+/m1/s1. The van der Waals surface area contributed by atoms with E-state index in [1.807, 2.05) is 30.5 Å². The third kappa shape index (κ3) is 6.17. The van der Waals surface area contributed by atoms with E-state index in [9.17, 15) is 14.4 Å². The van der Waals surface area contributed by atoms with Gasteiger partial charge in [-0.2, -0.15) is 0 Å². The van der Waals surface area contributed by atoms with E-state index in [1.165, 1.54) is 11.2 Å². The van der Waals surface area contributed by atoms with Gasteiger partial charge in [0, 0.05) is 79.9 Å². The number of hydrogen-bond donors (Lipinski definition) is 6. The van der Waals surface area contributed by atoms with Crippen LogP contribution in [-0.2, 0) is 33.6 Å². The molecule has 4 aromatic rings. The van der Waals surface area contributed by atoms with Crippen molar-refractivity contribution in [3.8, 4) is 0 Å². The van der Waals surface area contributed by atoms with E-state index in [-0.39, 0.29) is 37.2 Å². The number of benzene rings is 1. The van der Waals surface area contributed by atoms with E-state index in [4.69, 9.17) is 5.73 Å². The van der Waals surface area contributed by atoms with Gasteiger partial charge in [0.2, 0.25) is 17.7 Å². The molecule has 0 spiro atoms. The lowest BCUT2D eigenvalue weighted by Crippen LogP contribution is -2.44. The maximum Gasteiger partial charge on any atom is 0.239 e. The van der Waals surface area contributed by atoms with Crippen molar-refractivity contribution in [2.45, 2.75) is 25.3 Å². The van der Waals surface area contributed by atoms with E-state index < -0.39 is 17.9 Å². The third-order valence-corrected chi connectivity index (χ3v) is 7.23. The summed E-state index contributed by atoms with van der Waals surface area (Å²) in [5, 5.41) is 7.02. The first-order valence-electron chi connectivity index (χ1n) is 13.1. The summed E-state index contributed by atoms with van der Waals surface area (Å²) in [5.41, 5.74) is 9.98. The molecule has 1 aliphatic heterocycles. The number of likely N-dealkylation sites (tertiary alicyclic amines) is 1. The van der Waals surface area contributed by atoms with Crippen LogP contribution in [-0.4, -0.2) is 79.8 Å². The normalized spacial score (nSPS) is 17.8. The molecule has 3 aromatic heterocycles. The Morgan fingerprint density at radius 2 is 1.56 bits per heavy atom. The van der Waals surface area contributed by atoms with Crippen LogP contribution in [0, 0.1) is 11.8 Å². The molecular formula is C27H33N9O3. The van der Waals surface area contributed by atoms with Gasteiger partial charge in [-0.05, 0) is 18.1 Å². The van der Waals surface area contributed by atoms with Gasteiger partial charge >= 0.3 is 0 Å². The predicted molar refractivity (Wildman–Crippen MR) is 144 cm³/mol. The van der Waals surface area contributed by atoms with Crippen molar-refractivity contribution in [3.05, 3.63) is 72.5 Å². The summed E-state index contributed by atoms with van der Waals surface area (Å²) in [5.74, 6) is -2.16. The van der Waals surface area contributed by atoms with Gasteiger partial charge in [-0.25, -0.2) is 9.97 Å². The summed E-state index contributed by atoms with van der Waals surface area (Å²) in [6, 6.07) is 7.19. The summed E-state index contributed by atoms with van der Waals surface area (Å²) in [6.45, 7) is 1.07. The van der Waals surface area contributed by atoms with Crippen LogP contribution >= 0.6 is 0 Å². The Bertz CT molecular complexity index is 1400. The minimum Gasteiger partial charge on any atom is -0.361 e. The second kappa shape index (κ2) is 11.9. The number of carbonyl (C=O) groups excluding carboxylic acids is 3. The number of nitrogens with two attached hydrogens (primary N) is 1. The molecule has 39 heavy (non-hydrogen) atoms. The number of nitrogens with zero attached hydrogens (tertiary/aromatic N) is 3. The van der Waals surface area contributed by atoms with Crippen LogP contribution in [0.1, 0.15) is 17.0 Å². The quantitative estimate of drug-likeness (QED) is 0.162. The Hall–Kier alpha value is -4.45. The van der Waals surface area contributed by atoms with Gasteiger partial charge in [-0.1, -0.05) is 18.2 Å². The van der Waals surface area contributed by atoms with Gasteiger partial charge in [-0.3, -0.25) is 14.4 Å². The van der Waals surface area contributed by atoms with Crippen LogP contribution < -0.4 is 16.4 Å². The molecule has 0 bridgehead atoms. The molecule has 3 atom stereocenters. The first-order valence-corrected chi connectivity index (χ1v) is 13.1. The van der Waals surface area contributed by atoms with Crippen molar-refractivity contribution in [3.63, 3.8) is 0 Å². The molecule has 12 heteroatoms.